The monoisotopic (exact) mass is 260 g/mol. The Hall–Kier alpha value is -1.02. The van der Waals surface area contributed by atoms with E-state index in [0.717, 1.165) is 12.3 Å². The lowest BCUT2D eigenvalue weighted by Gasteiger charge is -2.38. The summed E-state index contributed by atoms with van der Waals surface area (Å²) < 4.78 is 0. The van der Waals surface area contributed by atoms with E-state index in [0.29, 0.717) is 12.1 Å². The summed E-state index contributed by atoms with van der Waals surface area (Å²) in [5.74, 6) is 0.816. The van der Waals surface area contributed by atoms with Crippen LogP contribution in [0, 0.1) is 5.92 Å². The maximum absolute atomic E-state index is 3.37. The van der Waals surface area contributed by atoms with Crippen LogP contribution in [0.2, 0.25) is 0 Å². The summed E-state index contributed by atoms with van der Waals surface area (Å²) in [6.07, 6.45) is 3.82. The van der Waals surface area contributed by atoms with Crippen molar-refractivity contribution in [2.75, 3.05) is 18.5 Å². The number of hydrogen-bond acceptors (Lipinski definition) is 2. The minimum atomic E-state index is 0.478. The summed E-state index contributed by atoms with van der Waals surface area (Å²) in [5, 5.41) is 3.37. The first-order valence-electron chi connectivity index (χ1n) is 7.69. The minimum Gasteiger partial charge on any atom is -0.369 e. The van der Waals surface area contributed by atoms with Gasteiger partial charge >= 0.3 is 0 Å². The molecular formula is C17H28N2. The van der Waals surface area contributed by atoms with Crippen molar-refractivity contribution in [1.82, 2.24) is 5.32 Å². The van der Waals surface area contributed by atoms with Gasteiger partial charge < -0.3 is 10.2 Å². The molecule has 1 aliphatic rings. The maximum atomic E-state index is 3.37. The second kappa shape index (κ2) is 6.42. The molecule has 0 spiro atoms. The normalized spacial score (nSPS) is 25.4. The number of anilines is 1. The lowest BCUT2D eigenvalue weighted by molar-refractivity contribution is 0.390. The average Bonchev–Trinajstić information content (AvgIpc) is 2.44. The van der Waals surface area contributed by atoms with Crippen LogP contribution in [0.1, 0.15) is 51.6 Å². The van der Waals surface area contributed by atoms with E-state index in [1.54, 1.807) is 0 Å². The molecule has 2 nitrogen and oxygen atoms in total. The third-order valence-corrected chi connectivity index (χ3v) is 4.50. The van der Waals surface area contributed by atoms with E-state index in [9.17, 15) is 0 Å². The first kappa shape index (κ1) is 14.4. The molecule has 0 bridgehead atoms. The summed E-state index contributed by atoms with van der Waals surface area (Å²) in [7, 11) is 2.04. The molecule has 0 radical (unpaired) electrons. The molecule has 3 unspecified atom stereocenters. The summed E-state index contributed by atoms with van der Waals surface area (Å²) in [6.45, 7) is 8.14. The van der Waals surface area contributed by atoms with E-state index in [-0.39, 0.29) is 0 Å². The van der Waals surface area contributed by atoms with Crippen molar-refractivity contribution in [3.63, 3.8) is 0 Å². The predicted octanol–water partition coefficient (Wildman–Crippen LogP) is 3.98. The highest BCUT2D eigenvalue weighted by molar-refractivity contribution is 5.49. The van der Waals surface area contributed by atoms with Gasteiger partial charge in [-0.25, -0.2) is 0 Å². The average molecular weight is 260 g/mol. The van der Waals surface area contributed by atoms with Gasteiger partial charge in [-0.1, -0.05) is 26.0 Å². The third kappa shape index (κ3) is 3.30. The smallest absolute Gasteiger partial charge is 0.0368 e. The van der Waals surface area contributed by atoms with Crippen molar-refractivity contribution in [2.45, 2.75) is 52.1 Å². The summed E-state index contributed by atoms with van der Waals surface area (Å²) >= 11 is 0. The first-order chi connectivity index (χ1) is 9.15. The predicted molar refractivity (Wildman–Crippen MR) is 83.7 cm³/mol. The van der Waals surface area contributed by atoms with Gasteiger partial charge in [0.2, 0.25) is 0 Å². The van der Waals surface area contributed by atoms with Crippen LogP contribution in [0.3, 0.4) is 0 Å². The van der Waals surface area contributed by atoms with Crippen LogP contribution in [0.25, 0.3) is 0 Å². The van der Waals surface area contributed by atoms with Crippen LogP contribution in [0.4, 0.5) is 5.69 Å². The number of hydrogen-bond donors (Lipinski definition) is 1. The van der Waals surface area contributed by atoms with Crippen molar-refractivity contribution in [3.05, 3.63) is 29.8 Å². The molecule has 1 aromatic carbocycles. The minimum absolute atomic E-state index is 0.478. The number of nitrogens with one attached hydrogen (secondary N) is 1. The van der Waals surface area contributed by atoms with Gasteiger partial charge in [-0.05, 0) is 56.8 Å². The second-order valence-corrected chi connectivity index (χ2v) is 6.02. The van der Waals surface area contributed by atoms with Crippen molar-refractivity contribution >= 4 is 5.69 Å². The molecule has 3 atom stereocenters. The molecule has 0 amide bonds. The van der Waals surface area contributed by atoms with Gasteiger partial charge in [-0.15, -0.1) is 0 Å². The molecule has 1 saturated heterocycles. The molecule has 0 aliphatic carbocycles. The highest BCUT2D eigenvalue weighted by Crippen LogP contribution is 2.28. The molecule has 1 N–H and O–H groups in total. The maximum Gasteiger partial charge on any atom is 0.0368 e. The highest BCUT2D eigenvalue weighted by Gasteiger charge is 2.23. The zero-order valence-electron chi connectivity index (χ0n) is 12.8. The second-order valence-electron chi connectivity index (χ2n) is 6.02. The molecule has 0 saturated carbocycles. The molecule has 106 valence electrons. The Morgan fingerprint density at radius 2 is 1.89 bits per heavy atom. The van der Waals surface area contributed by atoms with Gasteiger partial charge in [-0.2, -0.15) is 0 Å². The highest BCUT2D eigenvalue weighted by atomic mass is 15.2. The van der Waals surface area contributed by atoms with Crippen LogP contribution < -0.4 is 10.2 Å². The van der Waals surface area contributed by atoms with Crippen LogP contribution in [0.5, 0.6) is 0 Å². The summed E-state index contributed by atoms with van der Waals surface area (Å²) in [4.78, 5) is 2.57. The summed E-state index contributed by atoms with van der Waals surface area (Å²) in [5.41, 5.74) is 2.78. The van der Waals surface area contributed by atoms with Crippen molar-refractivity contribution in [1.29, 1.82) is 0 Å². The summed E-state index contributed by atoms with van der Waals surface area (Å²) in [6, 6.07) is 10.3. The van der Waals surface area contributed by atoms with Gasteiger partial charge in [0, 0.05) is 24.3 Å². The van der Waals surface area contributed by atoms with E-state index in [2.05, 4.69) is 55.3 Å². The fourth-order valence-electron chi connectivity index (χ4n) is 3.15. The van der Waals surface area contributed by atoms with E-state index in [1.165, 1.54) is 30.6 Å². The SMILES string of the molecule is CCC(NC)c1ccc(N2CC(C)CCC2C)cc1. The van der Waals surface area contributed by atoms with Crippen LogP contribution in [0.15, 0.2) is 24.3 Å². The zero-order valence-corrected chi connectivity index (χ0v) is 12.8. The number of nitrogens with zero attached hydrogens (tertiary/aromatic N) is 1. The molecular weight excluding hydrogens is 232 g/mol. The standard InChI is InChI=1S/C17H28N2/c1-5-17(18-4)15-8-10-16(11-9-15)19-12-13(2)6-7-14(19)3/h8-11,13-14,17-18H,5-7,12H2,1-4H3. The molecule has 2 heteroatoms. The molecule has 2 rings (SSSR count). The Labute approximate surface area is 118 Å². The van der Waals surface area contributed by atoms with Gasteiger partial charge in [0.1, 0.15) is 0 Å². The molecule has 1 aromatic rings. The van der Waals surface area contributed by atoms with Crippen molar-refractivity contribution in [3.8, 4) is 0 Å². The largest absolute Gasteiger partial charge is 0.369 e. The van der Waals surface area contributed by atoms with E-state index >= 15 is 0 Å². The molecule has 19 heavy (non-hydrogen) atoms. The quantitative estimate of drug-likeness (QED) is 0.881. The lowest BCUT2D eigenvalue weighted by atomic mass is 9.94. The topological polar surface area (TPSA) is 15.3 Å². The Kier molecular flexibility index (Phi) is 4.87. The van der Waals surface area contributed by atoms with Crippen LogP contribution >= 0.6 is 0 Å². The van der Waals surface area contributed by atoms with Gasteiger partial charge in [0.25, 0.3) is 0 Å². The van der Waals surface area contributed by atoms with Gasteiger partial charge in [0.05, 0.1) is 0 Å². The van der Waals surface area contributed by atoms with E-state index < -0.39 is 0 Å². The van der Waals surface area contributed by atoms with E-state index in [4.69, 9.17) is 0 Å². The van der Waals surface area contributed by atoms with Crippen molar-refractivity contribution in [2.24, 2.45) is 5.92 Å². The van der Waals surface area contributed by atoms with Crippen molar-refractivity contribution < 1.29 is 0 Å². The third-order valence-electron chi connectivity index (χ3n) is 4.50. The zero-order chi connectivity index (χ0) is 13.8. The van der Waals surface area contributed by atoms with Gasteiger partial charge in [0.15, 0.2) is 0 Å². The fourth-order valence-corrected chi connectivity index (χ4v) is 3.15. The Bertz CT molecular complexity index is 381. The molecule has 1 aliphatic heterocycles. The number of benzene rings is 1. The molecule has 0 aromatic heterocycles. The number of piperidine rings is 1. The number of rotatable bonds is 4. The first-order valence-corrected chi connectivity index (χ1v) is 7.69. The van der Waals surface area contributed by atoms with E-state index in [1.807, 2.05) is 7.05 Å². The Morgan fingerprint density at radius 1 is 1.21 bits per heavy atom. The molecule has 1 fully saturated rings. The fraction of sp³-hybridized carbons (Fsp3) is 0.647. The van der Waals surface area contributed by atoms with Crippen LogP contribution in [-0.4, -0.2) is 19.6 Å². The molecule has 1 heterocycles. The lowest BCUT2D eigenvalue weighted by Crippen LogP contribution is -2.41. The Balaban J connectivity index is 2.13. The Morgan fingerprint density at radius 3 is 2.47 bits per heavy atom. The van der Waals surface area contributed by atoms with Gasteiger partial charge in [-0.3, -0.25) is 0 Å². The van der Waals surface area contributed by atoms with Crippen LogP contribution in [-0.2, 0) is 0 Å².